The lowest BCUT2D eigenvalue weighted by Gasteiger charge is -2.09. The zero-order valence-electron chi connectivity index (χ0n) is 14.6. The van der Waals surface area contributed by atoms with Crippen LogP contribution >= 0.6 is 0 Å². The Kier molecular flexibility index (Phi) is 7.45. The lowest BCUT2D eigenvalue weighted by atomic mass is 10.0. The van der Waals surface area contributed by atoms with E-state index in [1.165, 1.54) is 7.05 Å². The van der Waals surface area contributed by atoms with Gasteiger partial charge in [-0.05, 0) is 32.3 Å². The quantitative estimate of drug-likeness (QED) is 0.771. The molecule has 0 bridgehead atoms. The maximum atomic E-state index is 14.0. The van der Waals surface area contributed by atoms with E-state index < -0.39 is 11.9 Å². The van der Waals surface area contributed by atoms with Gasteiger partial charge in [-0.1, -0.05) is 44.6 Å². The molecule has 1 heterocycles. The zero-order valence-corrected chi connectivity index (χ0v) is 14.6. The Morgan fingerprint density at radius 1 is 1.43 bits per heavy atom. The molecule has 1 unspecified atom stereocenters. The van der Waals surface area contributed by atoms with Crippen LogP contribution in [0.25, 0.3) is 0 Å². The third-order valence-electron chi connectivity index (χ3n) is 3.42. The molecule has 1 N–H and O–H groups in total. The van der Waals surface area contributed by atoms with Gasteiger partial charge >= 0.3 is 0 Å². The molecule has 1 atom stereocenters. The standard InChI is InChI=1S/C18H26FN3O/c1-6-8-9-11-15(12-13(3)10-7-2)20-18(23)16-14(4)21-22(5)17(16)19/h6,8-9,11-13H,7,10H2,1-5H3,(H,20,23)/b8-6-,11-9-,15-12-. The number of amides is 1. The molecule has 1 aromatic heterocycles. The average molecular weight is 319 g/mol. The number of hydrogen-bond acceptors (Lipinski definition) is 2. The average Bonchev–Trinajstić information content (AvgIpc) is 2.72. The van der Waals surface area contributed by atoms with Crippen LogP contribution in [0.1, 0.15) is 49.7 Å². The molecular weight excluding hydrogens is 293 g/mol. The minimum Gasteiger partial charge on any atom is -0.322 e. The molecule has 4 nitrogen and oxygen atoms in total. The van der Waals surface area contributed by atoms with E-state index in [1.807, 2.05) is 37.3 Å². The van der Waals surface area contributed by atoms with Gasteiger partial charge in [0.15, 0.2) is 0 Å². The van der Waals surface area contributed by atoms with Crippen molar-refractivity contribution in [3.05, 3.63) is 53.3 Å². The third kappa shape index (κ3) is 5.51. The van der Waals surface area contributed by atoms with Crippen LogP contribution in [0.4, 0.5) is 4.39 Å². The van der Waals surface area contributed by atoms with Crippen molar-refractivity contribution in [2.75, 3.05) is 0 Å². The highest BCUT2D eigenvalue weighted by atomic mass is 19.1. The third-order valence-corrected chi connectivity index (χ3v) is 3.42. The van der Waals surface area contributed by atoms with Crippen molar-refractivity contribution in [1.29, 1.82) is 0 Å². The summed E-state index contributed by atoms with van der Waals surface area (Å²) in [5.74, 6) is -0.781. The summed E-state index contributed by atoms with van der Waals surface area (Å²) in [6.07, 6.45) is 11.5. The second-order valence-electron chi connectivity index (χ2n) is 5.60. The van der Waals surface area contributed by atoms with Gasteiger partial charge in [0.1, 0.15) is 5.56 Å². The molecular formula is C18H26FN3O. The number of hydrogen-bond donors (Lipinski definition) is 1. The Bertz CT molecular complexity index is 626. The van der Waals surface area contributed by atoms with E-state index in [0.717, 1.165) is 17.5 Å². The molecule has 0 aliphatic heterocycles. The maximum absolute atomic E-state index is 14.0. The fourth-order valence-corrected chi connectivity index (χ4v) is 2.34. The van der Waals surface area contributed by atoms with Crippen molar-refractivity contribution in [1.82, 2.24) is 15.1 Å². The van der Waals surface area contributed by atoms with Crippen molar-refractivity contribution in [3.63, 3.8) is 0 Å². The fraction of sp³-hybridized carbons (Fsp3) is 0.444. The van der Waals surface area contributed by atoms with Gasteiger partial charge in [-0.15, -0.1) is 0 Å². The minimum atomic E-state index is -0.626. The highest BCUT2D eigenvalue weighted by Crippen LogP contribution is 2.14. The van der Waals surface area contributed by atoms with Gasteiger partial charge in [0, 0.05) is 12.7 Å². The molecule has 0 aromatic carbocycles. The van der Waals surface area contributed by atoms with Crippen LogP contribution in [0.5, 0.6) is 0 Å². The predicted octanol–water partition coefficient (Wildman–Crippen LogP) is 4.05. The fourth-order valence-electron chi connectivity index (χ4n) is 2.34. The summed E-state index contributed by atoms with van der Waals surface area (Å²) < 4.78 is 15.1. The van der Waals surface area contributed by atoms with Crippen LogP contribution in [0.15, 0.2) is 36.1 Å². The Morgan fingerprint density at radius 3 is 2.65 bits per heavy atom. The van der Waals surface area contributed by atoms with Gasteiger partial charge in [0.25, 0.3) is 5.91 Å². The number of carbonyl (C=O) groups is 1. The summed E-state index contributed by atoms with van der Waals surface area (Å²) >= 11 is 0. The highest BCUT2D eigenvalue weighted by molar-refractivity contribution is 5.96. The number of nitrogens with zero attached hydrogens (tertiary/aromatic N) is 2. The maximum Gasteiger partial charge on any atom is 0.262 e. The first-order chi connectivity index (χ1) is 10.9. The second kappa shape index (κ2) is 9.08. The van der Waals surface area contributed by atoms with Crippen LogP contribution in [0.2, 0.25) is 0 Å². The van der Waals surface area contributed by atoms with Crippen molar-refractivity contribution in [2.24, 2.45) is 13.0 Å². The van der Waals surface area contributed by atoms with Crippen LogP contribution in [0.3, 0.4) is 0 Å². The minimum absolute atomic E-state index is 0.0130. The Labute approximate surface area is 137 Å². The summed E-state index contributed by atoms with van der Waals surface area (Å²) in [5, 5.41) is 6.72. The number of aromatic nitrogens is 2. The van der Waals surface area contributed by atoms with Crippen molar-refractivity contribution in [2.45, 2.75) is 40.5 Å². The van der Waals surface area contributed by atoms with Crippen molar-refractivity contribution < 1.29 is 9.18 Å². The molecule has 0 spiro atoms. The highest BCUT2D eigenvalue weighted by Gasteiger charge is 2.20. The number of aryl methyl sites for hydroxylation is 2. The van der Waals surface area contributed by atoms with E-state index in [9.17, 15) is 9.18 Å². The van der Waals surface area contributed by atoms with E-state index in [-0.39, 0.29) is 5.56 Å². The molecule has 23 heavy (non-hydrogen) atoms. The molecule has 1 rings (SSSR count). The number of carbonyl (C=O) groups excluding carboxylic acids is 1. The van der Waals surface area contributed by atoms with Crippen molar-refractivity contribution >= 4 is 5.91 Å². The van der Waals surface area contributed by atoms with Crippen LogP contribution in [0, 0.1) is 18.8 Å². The monoisotopic (exact) mass is 319 g/mol. The molecule has 0 aliphatic rings. The van der Waals surface area contributed by atoms with E-state index in [4.69, 9.17) is 0 Å². The van der Waals surface area contributed by atoms with E-state index in [2.05, 4.69) is 24.3 Å². The normalized spacial score (nSPS) is 13.9. The Balaban J connectivity index is 3.02. The summed E-state index contributed by atoms with van der Waals surface area (Å²) in [5.41, 5.74) is 1.03. The zero-order chi connectivity index (χ0) is 17.4. The van der Waals surface area contributed by atoms with Gasteiger partial charge in [-0.2, -0.15) is 9.49 Å². The Hall–Kier alpha value is -2.17. The smallest absolute Gasteiger partial charge is 0.262 e. The molecule has 0 saturated heterocycles. The molecule has 1 amide bonds. The van der Waals surface area contributed by atoms with Gasteiger partial charge in [-0.25, -0.2) is 4.68 Å². The molecule has 0 radical (unpaired) electrons. The van der Waals surface area contributed by atoms with Crippen molar-refractivity contribution in [3.8, 4) is 0 Å². The van der Waals surface area contributed by atoms with Gasteiger partial charge in [0.2, 0.25) is 5.95 Å². The first kappa shape index (κ1) is 18.9. The van der Waals surface area contributed by atoms with E-state index >= 15 is 0 Å². The number of rotatable bonds is 7. The SMILES string of the molecule is C\C=C/C=C\C(=C\C(C)CCC)NC(=O)c1c(C)nn(C)c1F. The molecule has 5 heteroatoms. The number of halogens is 1. The lowest BCUT2D eigenvalue weighted by Crippen LogP contribution is -2.24. The summed E-state index contributed by atoms with van der Waals surface area (Å²) in [7, 11) is 1.48. The number of allylic oxidation sites excluding steroid dienone is 5. The van der Waals surface area contributed by atoms with Crippen LogP contribution in [-0.2, 0) is 7.05 Å². The van der Waals surface area contributed by atoms with Gasteiger partial charge < -0.3 is 5.32 Å². The largest absolute Gasteiger partial charge is 0.322 e. The molecule has 0 aliphatic carbocycles. The topological polar surface area (TPSA) is 46.9 Å². The van der Waals surface area contributed by atoms with E-state index in [1.54, 1.807) is 6.92 Å². The summed E-state index contributed by atoms with van der Waals surface area (Å²) in [4.78, 5) is 12.4. The molecule has 0 fully saturated rings. The summed E-state index contributed by atoms with van der Waals surface area (Å²) in [6.45, 7) is 7.75. The molecule has 0 saturated carbocycles. The van der Waals surface area contributed by atoms with E-state index in [0.29, 0.717) is 17.3 Å². The Morgan fingerprint density at radius 2 is 2.13 bits per heavy atom. The first-order valence-electron chi connectivity index (χ1n) is 7.92. The molecule has 1 aromatic rings. The van der Waals surface area contributed by atoms with Crippen LogP contribution < -0.4 is 5.32 Å². The van der Waals surface area contributed by atoms with Crippen LogP contribution in [-0.4, -0.2) is 15.7 Å². The lowest BCUT2D eigenvalue weighted by molar-refractivity contribution is 0.0962. The van der Waals surface area contributed by atoms with Gasteiger partial charge in [-0.3, -0.25) is 4.79 Å². The molecule has 126 valence electrons. The van der Waals surface area contributed by atoms with Gasteiger partial charge in [0.05, 0.1) is 5.69 Å². The predicted molar refractivity (Wildman–Crippen MR) is 91.5 cm³/mol. The number of nitrogens with one attached hydrogen (secondary N) is 1. The second-order valence-corrected chi connectivity index (χ2v) is 5.60. The first-order valence-corrected chi connectivity index (χ1v) is 7.92. The summed E-state index contributed by atoms with van der Waals surface area (Å²) in [6, 6.07) is 0.